The van der Waals surface area contributed by atoms with Crippen molar-refractivity contribution in [2.75, 3.05) is 0 Å². The molecule has 154 valence electrons. The van der Waals surface area contributed by atoms with Crippen molar-refractivity contribution in [3.8, 4) is 39.4 Å². The van der Waals surface area contributed by atoms with Gasteiger partial charge in [0, 0.05) is 39.9 Å². The van der Waals surface area contributed by atoms with Crippen LogP contribution in [0, 0.1) is 11.3 Å². The fourth-order valence-electron chi connectivity index (χ4n) is 4.40. The fraction of sp³-hybridized carbons (Fsp3) is 0. The Morgan fingerprint density at radius 3 is 1.91 bits per heavy atom. The smallest absolute Gasteiger partial charge is 0.143 e. The van der Waals surface area contributed by atoms with Crippen LogP contribution in [0.15, 0.2) is 114 Å². The molecule has 0 aliphatic rings. The van der Waals surface area contributed by atoms with Gasteiger partial charge in [0.1, 0.15) is 11.2 Å². The number of benzene rings is 4. The number of para-hydroxylation sites is 2. The number of nitriles is 1. The minimum absolute atomic E-state index is 0.659. The zero-order valence-corrected chi connectivity index (χ0v) is 17.7. The zero-order valence-electron chi connectivity index (χ0n) is 17.7. The molecule has 0 fully saturated rings. The van der Waals surface area contributed by atoms with Gasteiger partial charge in [0.25, 0.3) is 0 Å². The minimum atomic E-state index is 0.659. The van der Waals surface area contributed by atoms with Crippen LogP contribution in [0.25, 0.3) is 55.3 Å². The van der Waals surface area contributed by atoms with Crippen molar-refractivity contribution >= 4 is 21.9 Å². The van der Waals surface area contributed by atoms with E-state index >= 15 is 0 Å². The molecule has 6 aromatic rings. The molecule has 0 unspecified atom stereocenters. The molecule has 0 aliphatic heterocycles. The Hall–Kier alpha value is -4.68. The molecule has 0 amide bonds. The van der Waals surface area contributed by atoms with Crippen molar-refractivity contribution in [3.63, 3.8) is 0 Å². The Labute approximate surface area is 191 Å². The monoisotopic (exact) mass is 422 g/mol. The fourth-order valence-corrected chi connectivity index (χ4v) is 4.40. The normalized spacial score (nSPS) is 11.0. The van der Waals surface area contributed by atoms with Crippen LogP contribution in [0.3, 0.4) is 0 Å². The summed E-state index contributed by atoms with van der Waals surface area (Å²) in [7, 11) is 0. The maximum atomic E-state index is 9.08. The molecule has 0 saturated heterocycles. The van der Waals surface area contributed by atoms with Crippen LogP contribution < -0.4 is 0 Å². The topological polar surface area (TPSA) is 49.8 Å². The molecule has 3 nitrogen and oxygen atoms in total. The molecule has 33 heavy (non-hydrogen) atoms. The van der Waals surface area contributed by atoms with Gasteiger partial charge in [-0.3, -0.25) is 4.98 Å². The van der Waals surface area contributed by atoms with Crippen LogP contribution in [0.1, 0.15) is 5.56 Å². The molecule has 6 rings (SSSR count). The second-order valence-electron chi connectivity index (χ2n) is 7.98. The summed E-state index contributed by atoms with van der Waals surface area (Å²) in [6.45, 7) is 0. The van der Waals surface area contributed by atoms with Crippen molar-refractivity contribution in [1.82, 2.24) is 4.98 Å². The van der Waals surface area contributed by atoms with Gasteiger partial charge in [-0.1, -0.05) is 72.8 Å². The van der Waals surface area contributed by atoms with E-state index < -0.39 is 0 Å². The van der Waals surface area contributed by atoms with Crippen LogP contribution in [0.4, 0.5) is 0 Å². The highest BCUT2D eigenvalue weighted by atomic mass is 16.3. The zero-order chi connectivity index (χ0) is 22.2. The van der Waals surface area contributed by atoms with Gasteiger partial charge in [-0.15, -0.1) is 0 Å². The summed E-state index contributed by atoms with van der Waals surface area (Å²) >= 11 is 0. The summed E-state index contributed by atoms with van der Waals surface area (Å²) in [6, 6.07) is 34.8. The maximum absolute atomic E-state index is 9.08. The number of hydrogen-bond acceptors (Lipinski definition) is 3. The number of hydrogen-bond donors (Lipinski definition) is 0. The average Bonchev–Trinajstić information content (AvgIpc) is 3.28. The van der Waals surface area contributed by atoms with E-state index in [1.165, 1.54) is 0 Å². The van der Waals surface area contributed by atoms with Crippen LogP contribution >= 0.6 is 0 Å². The number of rotatable bonds is 3. The molecule has 0 radical (unpaired) electrons. The van der Waals surface area contributed by atoms with E-state index in [1.54, 1.807) is 6.20 Å². The van der Waals surface area contributed by atoms with Crippen molar-refractivity contribution in [3.05, 3.63) is 115 Å². The summed E-state index contributed by atoms with van der Waals surface area (Å²) in [6.07, 6.45) is 3.64. The number of pyridine rings is 1. The van der Waals surface area contributed by atoms with E-state index in [9.17, 15) is 0 Å². The summed E-state index contributed by atoms with van der Waals surface area (Å²) < 4.78 is 6.54. The molecule has 0 aliphatic carbocycles. The lowest BCUT2D eigenvalue weighted by Crippen LogP contribution is -1.83. The first-order valence-electron chi connectivity index (χ1n) is 10.8. The number of fused-ring (bicyclic) bond motifs is 3. The van der Waals surface area contributed by atoms with Gasteiger partial charge in [0.2, 0.25) is 0 Å². The molecule has 0 bridgehead atoms. The molecule has 0 atom stereocenters. The van der Waals surface area contributed by atoms with Gasteiger partial charge in [0.05, 0.1) is 11.6 Å². The minimum Gasteiger partial charge on any atom is -0.455 e. The second-order valence-corrected chi connectivity index (χ2v) is 7.98. The Balaban J connectivity index is 1.53. The van der Waals surface area contributed by atoms with Gasteiger partial charge in [-0.05, 0) is 41.0 Å². The van der Waals surface area contributed by atoms with Crippen molar-refractivity contribution in [2.24, 2.45) is 0 Å². The first kappa shape index (κ1) is 19.0. The van der Waals surface area contributed by atoms with E-state index in [4.69, 9.17) is 9.68 Å². The molecular formula is C30H18N2O. The summed E-state index contributed by atoms with van der Waals surface area (Å²) in [4.78, 5) is 4.28. The largest absolute Gasteiger partial charge is 0.455 e. The quantitative estimate of drug-likeness (QED) is 0.292. The van der Waals surface area contributed by atoms with Crippen LogP contribution in [-0.4, -0.2) is 4.98 Å². The van der Waals surface area contributed by atoms with Gasteiger partial charge in [-0.25, -0.2) is 0 Å². The third-order valence-corrected chi connectivity index (χ3v) is 6.02. The van der Waals surface area contributed by atoms with Gasteiger partial charge in [-0.2, -0.15) is 5.26 Å². The summed E-state index contributed by atoms with van der Waals surface area (Å²) in [5.41, 5.74) is 8.79. The van der Waals surface area contributed by atoms with E-state index in [0.717, 1.165) is 55.3 Å². The number of furan rings is 1. The lowest BCUT2D eigenvalue weighted by molar-refractivity contribution is 0.671. The van der Waals surface area contributed by atoms with Crippen molar-refractivity contribution < 1.29 is 4.42 Å². The van der Waals surface area contributed by atoms with Crippen molar-refractivity contribution in [1.29, 1.82) is 5.26 Å². The lowest BCUT2D eigenvalue weighted by atomic mass is 9.97. The third kappa shape index (κ3) is 3.26. The second kappa shape index (κ2) is 7.78. The highest BCUT2D eigenvalue weighted by Crippen LogP contribution is 2.40. The molecule has 0 saturated carbocycles. The highest BCUT2D eigenvalue weighted by Gasteiger charge is 2.15. The first-order valence-corrected chi connectivity index (χ1v) is 10.8. The van der Waals surface area contributed by atoms with Gasteiger partial charge >= 0.3 is 0 Å². The Morgan fingerprint density at radius 2 is 1.24 bits per heavy atom. The third-order valence-electron chi connectivity index (χ3n) is 6.02. The van der Waals surface area contributed by atoms with E-state index in [1.807, 2.05) is 36.5 Å². The standard InChI is InChI=1S/C30H18N2O/c31-18-20-12-14-21(15-13-20)22-5-1-6-23(17-22)25-8-2-10-27-28-11-3-9-26(30(28)33-29(25)27)24-7-4-16-32-19-24/h1-17,19H. The molecule has 3 heteroatoms. The molecular weight excluding hydrogens is 404 g/mol. The predicted molar refractivity (Wildman–Crippen MR) is 133 cm³/mol. The van der Waals surface area contributed by atoms with E-state index in [0.29, 0.717) is 5.56 Å². The Kier molecular flexibility index (Phi) is 4.49. The maximum Gasteiger partial charge on any atom is 0.143 e. The SMILES string of the molecule is N#Cc1ccc(-c2cccc(-c3cccc4c3oc3c(-c5cccnc5)cccc34)c2)cc1. The summed E-state index contributed by atoms with van der Waals surface area (Å²) in [5, 5.41) is 11.3. The number of aromatic nitrogens is 1. The van der Waals surface area contributed by atoms with E-state index in [2.05, 4.69) is 77.8 Å². The molecule has 2 aromatic heterocycles. The van der Waals surface area contributed by atoms with E-state index in [-0.39, 0.29) is 0 Å². The van der Waals surface area contributed by atoms with Crippen LogP contribution in [0.2, 0.25) is 0 Å². The van der Waals surface area contributed by atoms with Gasteiger partial charge in [0.15, 0.2) is 0 Å². The Bertz CT molecular complexity index is 1660. The molecule has 0 N–H and O–H groups in total. The average molecular weight is 422 g/mol. The number of nitrogens with zero attached hydrogens (tertiary/aromatic N) is 2. The summed E-state index contributed by atoms with van der Waals surface area (Å²) in [5.74, 6) is 0. The van der Waals surface area contributed by atoms with Crippen LogP contribution in [-0.2, 0) is 0 Å². The molecule has 0 spiro atoms. The van der Waals surface area contributed by atoms with Gasteiger partial charge < -0.3 is 4.42 Å². The molecule has 4 aromatic carbocycles. The lowest BCUT2D eigenvalue weighted by Gasteiger charge is -2.07. The predicted octanol–water partition coefficient (Wildman–Crippen LogP) is 7.85. The molecule has 2 heterocycles. The highest BCUT2D eigenvalue weighted by molar-refractivity contribution is 6.13. The Morgan fingerprint density at radius 1 is 0.606 bits per heavy atom. The van der Waals surface area contributed by atoms with Crippen LogP contribution in [0.5, 0.6) is 0 Å². The first-order chi connectivity index (χ1) is 16.3. The van der Waals surface area contributed by atoms with Crippen molar-refractivity contribution in [2.45, 2.75) is 0 Å².